The highest BCUT2D eigenvalue weighted by molar-refractivity contribution is 5.42. The van der Waals surface area contributed by atoms with Crippen molar-refractivity contribution in [1.29, 1.82) is 0 Å². The van der Waals surface area contributed by atoms with Crippen LogP contribution in [0.4, 0.5) is 0 Å². The van der Waals surface area contributed by atoms with E-state index < -0.39 is 0 Å². The number of hydrogen-bond donors (Lipinski definition) is 1. The van der Waals surface area contributed by atoms with E-state index in [1.54, 1.807) is 14.2 Å². The van der Waals surface area contributed by atoms with Gasteiger partial charge < -0.3 is 23.9 Å². The van der Waals surface area contributed by atoms with E-state index in [0.717, 1.165) is 49.9 Å². The molecule has 1 unspecified atom stereocenters. The van der Waals surface area contributed by atoms with Gasteiger partial charge in [-0.15, -0.1) is 0 Å². The number of hydrogen-bond acceptors (Lipinski definition) is 6. The Morgan fingerprint density at radius 1 is 1.14 bits per heavy atom. The SMILES string of the molecule is COc1ccc(CCN(C)C2CCCN(Cc3ccc(CO)o3)C2)cc1OC. The van der Waals surface area contributed by atoms with Gasteiger partial charge in [-0.05, 0) is 62.7 Å². The molecular weight excluding hydrogens is 356 g/mol. The van der Waals surface area contributed by atoms with Gasteiger partial charge in [0.15, 0.2) is 11.5 Å². The molecule has 28 heavy (non-hydrogen) atoms. The fourth-order valence-electron chi connectivity index (χ4n) is 3.87. The molecule has 1 aliphatic rings. The van der Waals surface area contributed by atoms with Gasteiger partial charge in [0.05, 0.1) is 20.8 Å². The third-order valence-electron chi connectivity index (χ3n) is 5.56. The fraction of sp³-hybridized carbons (Fsp3) is 0.545. The van der Waals surface area contributed by atoms with E-state index in [1.165, 1.54) is 18.4 Å². The lowest BCUT2D eigenvalue weighted by atomic mass is 10.0. The van der Waals surface area contributed by atoms with Crippen LogP contribution in [-0.4, -0.2) is 61.8 Å². The molecule has 1 N–H and O–H groups in total. The van der Waals surface area contributed by atoms with Crippen LogP contribution in [0.1, 0.15) is 29.9 Å². The molecule has 2 aromatic rings. The van der Waals surface area contributed by atoms with Crippen molar-refractivity contribution in [2.45, 2.75) is 38.5 Å². The second-order valence-electron chi connectivity index (χ2n) is 7.48. The van der Waals surface area contributed by atoms with Crippen LogP contribution in [0, 0.1) is 0 Å². The second-order valence-corrected chi connectivity index (χ2v) is 7.48. The van der Waals surface area contributed by atoms with Gasteiger partial charge in [0.1, 0.15) is 18.1 Å². The monoisotopic (exact) mass is 388 g/mol. The Morgan fingerprint density at radius 2 is 1.93 bits per heavy atom. The van der Waals surface area contributed by atoms with Crippen molar-refractivity contribution in [2.75, 3.05) is 40.9 Å². The van der Waals surface area contributed by atoms with E-state index in [4.69, 9.17) is 19.0 Å². The topological polar surface area (TPSA) is 58.3 Å². The maximum Gasteiger partial charge on any atom is 0.160 e. The van der Waals surface area contributed by atoms with Gasteiger partial charge in [-0.3, -0.25) is 4.90 Å². The molecule has 154 valence electrons. The van der Waals surface area contributed by atoms with Gasteiger partial charge in [-0.25, -0.2) is 0 Å². The molecule has 1 aromatic heterocycles. The number of aliphatic hydroxyl groups is 1. The van der Waals surface area contributed by atoms with Crippen molar-refractivity contribution >= 4 is 0 Å². The van der Waals surface area contributed by atoms with Gasteiger partial charge >= 0.3 is 0 Å². The van der Waals surface area contributed by atoms with E-state index >= 15 is 0 Å². The van der Waals surface area contributed by atoms with Crippen molar-refractivity contribution in [3.8, 4) is 11.5 Å². The summed E-state index contributed by atoms with van der Waals surface area (Å²) < 4.78 is 16.4. The Morgan fingerprint density at radius 3 is 2.64 bits per heavy atom. The molecule has 0 radical (unpaired) electrons. The highest BCUT2D eigenvalue weighted by Gasteiger charge is 2.23. The molecule has 3 rings (SSSR count). The maximum atomic E-state index is 9.16. The zero-order valence-electron chi connectivity index (χ0n) is 17.2. The Labute approximate surface area is 167 Å². The fourth-order valence-corrected chi connectivity index (χ4v) is 3.87. The number of ether oxygens (including phenoxy) is 2. The molecule has 0 bridgehead atoms. The maximum absolute atomic E-state index is 9.16. The van der Waals surface area contributed by atoms with Crippen LogP contribution >= 0.6 is 0 Å². The van der Waals surface area contributed by atoms with Crippen molar-refractivity contribution in [1.82, 2.24) is 9.80 Å². The van der Waals surface area contributed by atoms with Crippen LogP contribution in [0.15, 0.2) is 34.7 Å². The van der Waals surface area contributed by atoms with Crippen molar-refractivity contribution in [3.63, 3.8) is 0 Å². The van der Waals surface area contributed by atoms with Crippen LogP contribution in [0.25, 0.3) is 0 Å². The number of likely N-dealkylation sites (N-methyl/N-ethyl adjacent to an activating group) is 1. The summed E-state index contributed by atoms with van der Waals surface area (Å²) in [4.78, 5) is 4.91. The second kappa shape index (κ2) is 9.96. The minimum atomic E-state index is -0.0402. The molecule has 1 aliphatic heterocycles. The summed E-state index contributed by atoms with van der Waals surface area (Å²) in [5, 5.41) is 9.16. The normalized spacial score (nSPS) is 17.8. The van der Waals surface area contributed by atoms with E-state index in [1.807, 2.05) is 18.2 Å². The molecule has 0 saturated carbocycles. The lowest BCUT2D eigenvalue weighted by molar-refractivity contribution is 0.106. The van der Waals surface area contributed by atoms with Gasteiger partial charge in [0, 0.05) is 19.1 Å². The molecule has 0 spiro atoms. The van der Waals surface area contributed by atoms with Gasteiger partial charge in [0.2, 0.25) is 0 Å². The Hall–Kier alpha value is -2.02. The third kappa shape index (κ3) is 5.28. The summed E-state index contributed by atoms with van der Waals surface area (Å²) in [7, 11) is 5.55. The quantitative estimate of drug-likeness (QED) is 0.713. The van der Waals surface area contributed by atoms with E-state index in [9.17, 15) is 0 Å². The lowest BCUT2D eigenvalue weighted by Crippen LogP contribution is -2.46. The van der Waals surface area contributed by atoms with Crippen molar-refractivity contribution in [3.05, 3.63) is 47.4 Å². The lowest BCUT2D eigenvalue weighted by Gasteiger charge is -2.37. The standard InChI is InChI=1S/C22H32N2O4/c1-23(12-10-17-6-9-21(26-2)22(13-17)27-3)18-5-4-11-24(14-18)15-19-7-8-20(16-25)28-19/h6-9,13,18,25H,4-5,10-12,14-16H2,1-3H3. The first kappa shape index (κ1) is 20.7. The number of methoxy groups -OCH3 is 2. The predicted octanol–water partition coefficient (Wildman–Crippen LogP) is 2.93. The highest BCUT2D eigenvalue weighted by atomic mass is 16.5. The van der Waals surface area contributed by atoms with E-state index in [2.05, 4.69) is 29.0 Å². The number of likely N-dealkylation sites (tertiary alicyclic amines) is 1. The number of piperidine rings is 1. The molecule has 6 heteroatoms. The summed E-state index contributed by atoms with van der Waals surface area (Å²) in [6, 6.07) is 10.5. The number of benzene rings is 1. The van der Waals surface area contributed by atoms with Crippen LogP contribution in [0.5, 0.6) is 11.5 Å². The minimum Gasteiger partial charge on any atom is -0.493 e. The minimum absolute atomic E-state index is 0.0402. The van der Waals surface area contributed by atoms with Crippen molar-refractivity contribution < 1.29 is 19.0 Å². The number of nitrogens with zero attached hydrogens (tertiary/aromatic N) is 2. The number of rotatable bonds is 9. The largest absolute Gasteiger partial charge is 0.493 e. The first-order valence-corrected chi connectivity index (χ1v) is 9.95. The van der Waals surface area contributed by atoms with Crippen LogP contribution in [0.2, 0.25) is 0 Å². The van der Waals surface area contributed by atoms with E-state index in [0.29, 0.717) is 11.8 Å². The van der Waals surface area contributed by atoms with Gasteiger partial charge in [-0.2, -0.15) is 0 Å². The number of aliphatic hydroxyl groups excluding tert-OH is 1. The van der Waals surface area contributed by atoms with Crippen LogP contribution < -0.4 is 9.47 Å². The Kier molecular flexibility index (Phi) is 7.36. The van der Waals surface area contributed by atoms with Gasteiger partial charge in [0.25, 0.3) is 0 Å². The first-order valence-electron chi connectivity index (χ1n) is 9.95. The average Bonchev–Trinajstić information content (AvgIpc) is 3.19. The molecular formula is C22H32N2O4. The first-order chi connectivity index (χ1) is 13.6. The average molecular weight is 389 g/mol. The predicted molar refractivity (Wildman–Crippen MR) is 109 cm³/mol. The zero-order chi connectivity index (χ0) is 19.9. The van der Waals surface area contributed by atoms with Crippen LogP contribution in [-0.2, 0) is 19.6 Å². The Balaban J connectivity index is 1.51. The Bertz CT molecular complexity index is 746. The van der Waals surface area contributed by atoms with Gasteiger partial charge in [-0.1, -0.05) is 6.07 Å². The smallest absolute Gasteiger partial charge is 0.160 e. The summed E-state index contributed by atoms with van der Waals surface area (Å²) in [6.07, 6.45) is 3.39. The molecule has 2 heterocycles. The molecule has 1 aromatic carbocycles. The third-order valence-corrected chi connectivity index (χ3v) is 5.56. The number of furan rings is 1. The summed E-state index contributed by atoms with van der Waals surface area (Å²) >= 11 is 0. The molecule has 1 fully saturated rings. The summed E-state index contributed by atoms with van der Waals surface area (Å²) in [5.41, 5.74) is 1.25. The summed E-state index contributed by atoms with van der Waals surface area (Å²) in [5.74, 6) is 3.12. The highest BCUT2D eigenvalue weighted by Crippen LogP contribution is 2.28. The van der Waals surface area contributed by atoms with E-state index in [-0.39, 0.29) is 6.61 Å². The summed E-state index contributed by atoms with van der Waals surface area (Å²) in [6.45, 7) is 3.90. The molecule has 0 aliphatic carbocycles. The van der Waals surface area contributed by atoms with Crippen LogP contribution in [0.3, 0.4) is 0 Å². The molecule has 6 nitrogen and oxygen atoms in total. The molecule has 0 amide bonds. The molecule has 1 saturated heterocycles. The molecule has 1 atom stereocenters. The van der Waals surface area contributed by atoms with Crippen molar-refractivity contribution in [2.24, 2.45) is 0 Å². The zero-order valence-corrected chi connectivity index (χ0v) is 17.2.